The van der Waals surface area contributed by atoms with Gasteiger partial charge in [-0.25, -0.2) is 4.98 Å². The topological polar surface area (TPSA) is 17.8 Å². The van der Waals surface area contributed by atoms with Crippen molar-refractivity contribution in [3.05, 3.63) is 18.7 Å². The Labute approximate surface area is 72.8 Å². The van der Waals surface area contributed by atoms with Gasteiger partial charge < -0.3 is 4.57 Å². The van der Waals surface area contributed by atoms with Crippen LogP contribution in [0.15, 0.2) is 18.7 Å². The molecule has 0 unspecified atom stereocenters. The number of halogens is 1. The van der Waals surface area contributed by atoms with E-state index in [2.05, 4.69) is 16.5 Å². The summed E-state index contributed by atoms with van der Waals surface area (Å²) in [6.45, 7) is 3.24. The standard InChI is InChI=1S/C6H10N2.FH.Zn/c1-2-4-8-5-3-7-6-8;;/h3,5-6H,2,4H2,1H3;1H;. The molecule has 54 valence electrons. The normalized spacial score (nSPS) is 7.70. The van der Waals surface area contributed by atoms with Crippen molar-refractivity contribution in [1.82, 2.24) is 9.55 Å². The molecule has 0 atom stereocenters. The first-order chi connectivity index (χ1) is 3.93. The van der Waals surface area contributed by atoms with Crippen molar-refractivity contribution in [3.63, 3.8) is 0 Å². The molecule has 1 rings (SSSR count). The second kappa shape index (κ2) is 6.88. The summed E-state index contributed by atoms with van der Waals surface area (Å²) in [6.07, 6.45) is 6.79. The van der Waals surface area contributed by atoms with E-state index in [1.54, 1.807) is 6.20 Å². The number of imidazole rings is 1. The van der Waals surface area contributed by atoms with Gasteiger partial charge in [-0.15, -0.1) is 0 Å². The predicted octanol–water partition coefficient (Wildman–Crippen LogP) is 1.44. The molecular weight excluding hydrogens is 184 g/mol. The number of aryl methyl sites for hydroxylation is 1. The van der Waals surface area contributed by atoms with Crippen molar-refractivity contribution in [2.24, 2.45) is 0 Å². The maximum Gasteiger partial charge on any atom is 0.0945 e. The van der Waals surface area contributed by atoms with Gasteiger partial charge in [-0.3, -0.25) is 4.70 Å². The van der Waals surface area contributed by atoms with Gasteiger partial charge in [0.05, 0.1) is 6.33 Å². The summed E-state index contributed by atoms with van der Waals surface area (Å²) in [4.78, 5) is 3.90. The van der Waals surface area contributed by atoms with E-state index in [9.17, 15) is 0 Å². The van der Waals surface area contributed by atoms with Crippen LogP contribution in [0, 0.1) is 0 Å². The van der Waals surface area contributed by atoms with E-state index in [1.165, 1.54) is 6.42 Å². The van der Waals surface area contributed by atoms with Crippen molar-refractivity contribution in [2.75, 3.05) is 0 Å². The van der Waals surface area contributed by atoms with E-state index in [4.69, 9.17) is 0 Å². The predicted molar refractivity (Wildman–Crippen MR) is 35.0 cm³/mol. The summed E-state index contributed by atoms with van der Waals surface area (Å²) < 4.78 is 2.07. The molecule has 2 nitrogen and oxygen atoms in total. The third-order valence-electron chi connectivity index (χ3n) is 1.04. The molecule has 0 aliphatic rings. The second-order valence-corrected chi connectivity index (χ2v) is 1.80. The van der Waals surface area contributed by atoms with Crippen LogP contribution >= 0.6 is 0 Å². The quantitative estimate of drug-likeness (QED) is 0.653. The fourth-order valence-corrected chi connectivity index (χ4v) is 0.677. The van der Waals surface area contributed by atoms with Crippen LogP contribution in [0.2, 0.25) is 0 Å². The van der Waals surface area contributed by atoms with Gasteiger partial charge in [0.15, 0.2) is 0 Å². The van der Waals surface area contributed by atoms with Gasteiger partial charge in [0, 0.05) is 38.4 Å². The summed E-state index contributed by atoms with van der Waals surface area (Å²) in [6, 6.07) is 0. The average Bonchev–Trinajstić information content (AvgIpc) is 2.19. The largest absolute Gasteiger partial charge is 0.338 e. The summed E-state index contributed by atoms with van der Waals surface area (Å²) in [5.74, 6) is 0. The van der Waals surface area contributed by atoms with E-state index in [0.29, 0.717) is 0 Å². The zero-order chi connectivity index (χ0) is 5.82. The van der Waals surface area contributed by atoms with Gasteiger partial charge in [-0.05, 0) is 6.42 Å². The number of hydrogen-bond acceptors (Lipinski definition) is 1. The number of aromatic nitrogens is 2. The minimum atomic E-state index is 0. The number of hydrogen-bond donors (Lipinski definition) is 0. The molecule has 4 heteroatoms. The van der Waals surface area contributed by atoms with Gasteiger partial charge in [-0.2, -0.15) is 0 Å². The zero-order valence-electron chi connectivity index (χ0n) is 6.16. The third kappa shape index (κ3) is 3.73. The summed E-state index contributed by atoms with van der Waals surface area (Å²) in [5, 5.41) is 0. The molecule has 0 aromatic carbocycles. The van der Waals surface area contributed by atoms with Gasteiger partial charge in [0.1, 0.15) is 0 Å². The van der Waals surface area contributed by atoms with Crippen LogP contribution in [0.4, 0.5) is 4.70 Å². The maximum atomic E-state index is 3.90. The van der Waals surface area contributed by atoms with Crippen molar-refractivity contribution in [1.29, 1.82) is 0 Å². The van der Waals surface area contributed by atoms with Gasteiger partial charge >= 0.3 is 0 Å². The van der Waals surface area contributed by atoms with Gasteiger partial charge in [-0.1, -0.05) is 6.92 Å². The Morgan fingerprint density at radius 2 is 2.20 bits per heavy atom. The van der Waals surface area contributed by atoms with Crippen LogP contribution in [-0.4, -0.2) is 9.55 Å². The minimum absolute atomic E-state index is 0. The first-order valence-corrected chi connectivity index (χ1v) is 2.89. The fraction of sp³-hybridized carbons (Fsp3) is 0.500. The molecule has 1 heterocycles. The first kappa shape index (κ1) is 12.4. The molecular formula is C6H11FN2Zn. The van der Waals surface area contributed by atoms with E-state index in [-0.39, 0.29) is 24.2 Å². The second-order valence-electron chi connectivity index (χ2n) is 1.80. The zero-order valence-corrected chi connectivity index (χ0v) is 9.12. The molecule has 0 aliphatic carbocycles. The Morgan fingerprint density at radius 1 is 1.50 bits per heavy atom. The molecule has 0 spiro atoms. The Balaban J connectivity index is 0. The average molecular weight is 196 g/mol. The third-order valence-corrected chi connectivity index (χ3v) is 1.04. The molecule has 1 aromatic heterocycles. The summed E-state index contributed by atoms with van der Waals surface area (Å²) >= 11 is 0. The van der Waals surface area contributed by atoms with Gasteiger partial charge in [0.2, 0.25) is 0 Å². The molecule has 1 aromatic rings. The van der Waals surface area contributed by atoms with Crippen LogP contribution < -0.4 is 0 Å². The van der Waals surface area contributed by atoms with Crippen molar-refractivity contribution >= 4 is 0 Å². The van der Waals surface area contributed by atoms with Crippen molar-refractivity contribution in [2.45, 2.75) is 19.9 Å². The van der Waals surface area contributed by atoms with E-state index < -0.39 is 0 Å². The molecule has 0 N–H and O–H groups in total. The van der Waals surface area contributed by atoms with E-state index >= 15 is 0 Å². The van der Waals surface area contributed by atoms with E-state index in [1.807, 2.05) is 12.5 Å². The number of nitrogens with zero attached hydrogens (tertiary/aromatic N) is 2. The Morgan fingerprint density at radius 3 is 2.60 bits per heavy atom. The molecule has 0 amide bonds. The maximum absolute atomic E-state index is 3.90. The van der Waals surface area contributed by atoms with Crippen LogP contribution in [0.1, 0.15) is 13.3 Å². The molecule has 0 saturated heterocycles. The smallest absolute Gasteiger partial charge is 0.0945 e. The minimum Gasteiger partial charge on any atom is -0.338 e. The Kier molecular flexibility index (Phi) is 8.56. The monoisotopic (exact) mass is 194 g/mol. The Hall–Kier alpha value is -0.237. The van der Waals surface area contributed by atoms with Crippen LogP contribution in [0.5, 0.6) is 0 Å². The summed E-state index contributed by atoms with van der Waals surface area (Å²) in [5.41, 5.74) is 0. The van der Waals surface area contributed by atoms with Crippen LogP contribution in [0.25, 0.3) is 0 Å². The Bertz CT molecular complexity index is 141. The molecule has 0 fully saturated rings. The van der Waals surface area contributed by atoms with Gasteiger partial charge in [0.25, 0.3) is 0 Å². The first-order valence-electron chi connectivity index (χ1n) is 2.89. The fourth-order valence-electron chi connectivity index (χ4n) is 0.677. The summed E-state index contributed by atoms with van der Waals surface area (Å²) in [7, 11) is 0. The molecule has 0 bridgehead atoms. The van der Waals surface area contributed by atoms with Crippen LogP contribution in [0.3, 0.4) is 0 Å². The SMILES string of the molecule is CCCn1ccnc1.F.[Zn]. The molecule has 0 radical (unpaired) electrons. The molecule has 10 heavy (non-hydrogen) atoms. The molecule has 0 aliphatic heterocycles. The van der Waals surface area contributed by atoms with Crippen LogP contribution in [-0.2, 0) is 26.0 Å². The molecule has 0 saturated carbocycles. The van der Waals surface area contributed by atoms with Crippen molar-refractivity contribution in [3.8, 4) is 0 Å². The van der Waals surface area contributed by atoms with Crippen molar-refractivity contribution < 1.29 is 24.2 Å². The number of rotatable bonds is 2. The van der Waals surface area contributed by atoms with E-state index in [0.717, 1.165) is 6.54 Å².